The summed E-state index contributed by atoms with van der Waals surface area (Å²) in [6.07, 6.45) is 2.92. The fraction of sp³-hybridized carbons (Fsp3) is 0.579. The number of phenols is 1. The first kappa shape index (κ1) is 18.3. The molecule has 1 heterocycles. The van der Waals surface area contributed by atoms with Gasteiger partial charge in [-0.25, -0.2) is 0 Å². The molecule has 24 heavy (non-hydrogen) atoms. The van der Waals surface area contributed by atoms with E-state index in [2.05, 4.69) is 19.2 Å². The predicted molar refractivity (Wildman–Crippen MR) is 94.0 cm³/mol. The number of amides is 2. The Labute approximate surface area is 144 Å². The molecule has 1 atom stereocenters. The van der Waals surface area contributed by atoms with E-state index in [9.17, 15) is 14.7 Å². The lowest BCUT2D eigenvalue weighted by molar-refractivity contribution is -0.130. The Morgan fingerprint density at radius 3 is 2.83 bits per heavy atom. The van der Waals surface area contributed by atoms with Crippen LogP contribution in [-0.2, 0) is 4.79 Å². The maximum atomic E-state index is 12.5. The zero-order chi connectivity index (χ0) is 17.7. The number of likely N-dealkylation sites (tertiary alicyclic amines) is 1. The third-order valence-corrected chi connectivity index (χ3v) is 4.58. The van der Waals surface area contributed by atoms with Gasteiger partial charge in [0, 0.05) is 31.1 Å². The summed E-state index contributed by atoms with van der Waals surface area (Å²) in [4.78, 5) is 26.6. The molecular weight excluding hydrogens is 304 g/mol. The van der Waals surface area contributed by atoms with Gasteiger partial charge in [0.05, 0.1) is 0 Å². The van der Waals surface area contributed by atoms with Crippen LogP contribution in [0.15, 0.2) is 18.2 Å². The summed E-state index contributed by atoms with van der Waals surface area (Å²) < 4.78 is 0. The van der Waals surface area contributed by atoms with E-state index in [1.807, 2.05) is 11.8 Å². The van der Waals surface area contributed by atoms with E-state index in [0.29, 0.717) is 30.9 Å². The number of hydrogen-bond acceptors (Lipinski definition) is 3. The Balaban J connectivity index is 1.95. The first-order valence-electron chi connectivity index (χ1n) is 8.75. The van der Waals surface area contributed by atoms with Crippen molar-refractivity contribution in [2.45, 2.75) is 52.5 Å². The van der Waals surface area contributed by atoms with Crippen LogP contribution in [0.4, 0.5) is 0 Å². The highest BCUT2D eigenvalue weighted by molar-refractivity contribution is 5.96. The van der Waals surface area contributed by atoms with E-state index in [4.69, 9.17) is 0 Å². The van der Waals surface area contributed by atoms with Crippen molar-refractivity contribution < 1.29 is 14.7 Å². The van der Waals surface area contributed by atoms with Crippen LogP contribution in [0, 0.1) is 12.8 Å². The Hall–Kier alpha value is -2.04. The number of aromatic hydroxyl groups is 1. The maximum Gasteiger partial charge on any atom is 0.251 e. The predicted octanol–water partition coefficient (Wildman–Crippen LogP) is 2.86. The lowest BCUT2D eigenvalue weighted by atomic mass is 10.1. The van der Waals surface area contributed by atoms with Gasteiger partial charge in [0.2, 0.25) is 5.91 Å². The molecule has 0 aliphatic carbocycles. The number of aryl methyl sites for hydroxylation is 1. The summed E-state index contributed by atoms with van der Waals surface area (Å²) in [6.45, 7) is 7.64. The van der Waals surface area contributed by atoms with Crippen molar-refractivity contribution in [3.8, 4) is 5.75 Å². The average Bonchev–Trinajstić information content (AvgIpc) is 2.70. The summed E-state index contributed by atoms with van der Waals surface area (Å²) in [5, 5.41) is 12.6. The summed E-state index contributed by atoms with van der Waals surface area (Å²) in [5.74, 6) is 0.657. The number of nitrogens with zero attached hydrogens (tertiary/aromatic N) is 1. The third kappa shape index (κ3) is 4.98. The molecule has 2 rings (SSSR count). The summed E-state index contributed by atoms with van der Waals surface area (Å²) >= 11 is 0. The number of benzene rings is 1. The van der Waals surface area contributed by atoms with Gasteiger partial charge in [-0.2, -0.15) is 0 Å². The minimum Gasteiger partial charge on any atom is -0.508 e. The number of phenolic OH excluding ortho intramolecular Hbond substituents is 1. The summed E-state index contributed by atoms with van der Waals surface area (Å²) in [5.41, 5.74) is 1.32. The number of carbonyl (C=O) groups excluding carboxylic acids is 2. The van der Waals surface area contributed by atoms with Gasteiger partial charge in [-0.1, -0.05) is 19.9 Å². The molecule has 0 saturated carbocycles. The van der Waals surface area contributed by atoms with Crippen molar-refractivity contribution in [1.82, 2.24) is 10.2 Å². The quantitative estimate of drug-likeness (QED) is 0.871. The molecule has 5 heteroatoms. The van der Waals surface area contributed by atoms with Gasteiger partial charge in [-0.3, -0.25) is 9.59 Å². The van der Waals surface area contributed by atoms with Crippen molar-refractivity contribution in [3.05, 3.63) is 29.3 Å². The number of hydrogen-bond donors (Lipinski definition) is 2. The molecule has 0 aromatic heterocycles. The lowest BCUT2D eigenvalue weighted by Crippen LogP contribution is -2.36. The smallest absolute Gasteiger partial charge is 0.251 e. The Morgan fingerprint density at radius 2 is 2.12 bits per heavy atom. The normalized spacial score (nSPS) is 18.6. The molecular formula is C19H28N2O3. The van der Waals surface area contributed by atoms with Gasteiger partial charge in [-0.15, -0.1) is 0 Å². The van der Waals surface area contributed by atoms with Crippen molar-refractivity contribution in [3.63, 3.8) is 0 Å². The third-order valence-electron chi connectivity index (χ3n) is 4.58. The van der Waals surface area contributed by atoms with Crippen LogP contribution in [0.3, 0.4) is 0 Å². The molecule has 1 aliphatic rings. The van der Waals surface area contributed by atoms with E-state index >= 15 is 0 Å². The van der Waals surface area contributed by atoms with Crippen molar-refractivity contribution in [2.24, 2.45) is 5.92 Å². The molecule has 1 fully saturated rings. The molecule has 0 radical (unpaired) electrons. The molecule has 2 N–H and O–H groups in total. The average molecular weight is 332 g/mol. The molecule has 5 nitrogen and oxygen atoms in total. The van der Waals surface area contributed by atoms with Crippen LogP contribution < -0.4 is 5.32 Å². The Kier molecular flexibility index (Phi) is 6.23. The number of rotatable bonds is 5. The van der Waals surface area contributed by atoms with Gasteiger partial charge in [-0.05, 0) is 49.8 Å². The Morgan fingerprint density at radius 1 is 1.38 bits per heavy atom. The van der Waals surface area contributed by atoms with Crippen LogP contribution in [0.25, 0.3) is 0 Å². The molecule has 2 amide bonds. The molecule has 1 saturated heterocycles. The van der Waals surface area contributed by atoms with Crippen molar-refractivity contribution >= 4 is 11.8 Å². The molecule has 1 aliphatic heterocycles. The van der Waals surface area contributed by atoms with E-state index in [1.54, 1.807) is 12.1 Å². The molecule has 0 spiro atoms. The second-order valence-electron chi connectivity index (χ2n) is 7.06. The van der Waals surface area contributed by atoms with Crippen molar-refractivity contribution in [2.75, 3.05) is 13.1 Å². The SMILES string of the molecule is Cc1ccc(O)cc1C(=O)NC1CCC(=O)N(CCC(C)C)CC1. The summed E-state index contributed by atoms with van der Waals surface area (Å²) in [6, 6.07) is 4.78. The number of nitrogens with one attached hydrogen (secondary N) is 1. The molecule has 1 unspecified atom stereocenters. The second kappa shape index (κ2) is 8.18. The zero-order valence-electron chi connectivity index (χ0n) is 14.8. The van der Waals surface area contributed by atoms with E-state index in [-0.39, 0.29) is 23.6 Å². The monoisotopic (exact) mass is 332 g/mol. The molecule has 1 aromatic carbocycles. The maximum absolute atomic E-state index is 12.5. The van der Waals surface area contributed by atoms with E-state index in [0.717, 1.165) is 24.9 Å². The standard InChI is InChI=1S/C19H28N2O3/c1-13(2)8-10-21-11-9-15(5-7-18(21)23)20-19(24)17-12-16(22)6-4-14(17)3/h4,6,12-13,15,22H,5,7-11H2,1-3H3,(H,20,24). The van der Waals surface area contributed by atoms with Gasteiger partial charge in [0.15, 0.2) is 0 Å². The minimum absolute atomic E-state index is 0.00718. The zero-order valence-corrected chi connectivity index (χ0v) is 14.8. The van der Waals surface area contributed by atoms with Crippen LogP contribution in [0.2, 0.25) is 0 Å². The number of carbonyl (C=O) groups is 2. The lowest BCUT2D eigenvalue weighted by Gasteiger charge is -2.22. The summed E-state index contributed by atoms with van der Waals surface area (Å²) in [7, 11) is 0. The molecule has 0 bridgehead atoms. The van der Waals surface area contributed by atoms with E-state index < -0.39 is 0 Å². The molecule has 1 aromatic rings. The first-order chi connectivity index (χ1) is 11.4. The van der Waals surface area contributed by atoms with Gasteiger partial charge < -0.3 is 15.3 Å². The van der Waals surface area contributed by atoms with Crippen molar-refractivity contribution in [1.29, 1.82) is 0 Å². The van der Waals surface area contributed by atoms with Crippen LogP contribution >= 0.6 is 0 Å². The highest BCUT2D eigenvalue weighted by Gasteiger charge is 2.24. The highest BCUT2D eigenvalue weighted by atomic mass is 16.3. The Bertz CT molecular complexity index is 598. The minimum atomic E-state index is -0.184. The van der Waals surface area contributed by atoms with Gasteiger partial charge in [0.25, 0.3) is 5.91 Å². The molecule has 132 valence electrons. The second-order valence-corrected chi connectivity index (χ2v) is 7.06. The first-order valence-corrected chi connectivity index (χ1v) is 8.75. The van der Waals surface area contributed by atoms with Crippen LogP contribution in [0.5, 0.6) is 5.75 Å². The highest BCUT2D eigenvalue weighted by Crippen LogP contribution is 2.18. The van der Waals surface area contributed by atoms with Crippen LogP contribution in [-0.4, -0.2) is 41.0 Å². The largest absolute Gasteiger partial charge is 0.508 e. The van der Waals surface area contributed by atoms with E-state index in [1.165, 1.54) is 6.07 Å². The topological polar surface area (TPSA) is 69.6 Å². The van der Waals surface area contributed by atoms with Gasteiger partial charge in [0.1, 0.15) is 5.75 Å². The van der Waals surface area contributed by atoms with Crippen LogP contribution in [0.1, 0.15) is 55.5 Å². The van der Waals surface area contributed by atoms with Gasteiger partial charge >= 0.3 is 0 Å². The fourth-order valence-electron chi connectivity index (χ4n) is 2.95. The fourth-order valence-corrected chi connectivity index (χ4v) is 2.95.